The average molecular weight is 196 g/mol. The van der Waals surface area contributed by atoms with E-state index in [2.05, 4.69) is 31.9 Å². The Bertz CT molecular complexity index is 291. The molecule has 0 saturated carbocycles. The van der Waals surface area contributed by atoms with Crippen molar-refractivity contribution in [2.45, 2.75) is 39.9 Å². The molecule has 3 nitrogen and oxygen atoms in total. The van der Waals surface area contributed by atoms with Crippen molar-refractivity contribution in [3.8, 4) is 0 Å². The predicted molar refractivity (Wildman–Crippen MR) is 57.9 cm³/mol. The third-order valence-corrected chi connectivity index (χ3v) is 2.54. The van der Waals surface area contributed by atoms with E-state index in [4.69, 9.17) is 10.2 Å². The lowest BCUT2D eigenvalue weighted by atomic mass is 10.2. The molecule has 14 heavy (non-hydrogen) atoms. The largest absolute Gasteiger partial charge is 0.463 e. The third-order valence-electron chi connectivity index (χ3n) is 2.54. The van der Waals surface area contributed by atoms with E-state index in [1.165, 1.54) is 0 Å². The Labute approximate surface area is 85.9 Å². The number of nitrogens with two attached hydrogens (primary N) is 1. The predicted octanol–water partition coefficient (Wildman–Crippen LogP) is 1.89. The number of nitrogens with zero attached hydrogens (tertiary/aromatic N) is 1. The van der Waals surface area contributed by atoms with Crippen LogP contribution in [-0.2, 0) is 13.1 Å². The molecule has 0 aliphatic carbocycles. The van der Waals surface area contributed by atoms with Crippen molar-refractivity contribution in [3.05, 3.63) is 23.2 Å². The fourth-order valence-electron chi connectivity index (χ4n) is 1.30. The highest BCUT2D eigenvalue weighted by Gasteiger charge is 2.09. The second-order valence-corrected chi connectivity index (χ2v) is 4.03. The lowest BCUT2D eigenvalue weighted by molar-refractivity contribution is 0.241. The van der Waals surface area contributed by atoms with Crippen LogP contribution in [0.15, 0.2) is 10.5 Å². The van der Waals surface area contributed by atoms with Crippen LogP contribution in [-0.4, -0.2) is 18.0 Å². The molecule has 0 atom stereocenters. The van der Waals surface area contributed by atoms with E-state index in [9.17, 15) is 0 Å². The molecule has 1 rings (SSSR count). The Morgan fingerprint density at radius 2 is 2.14 bits per heavy atom. The molecule has 0 aliphatic rings. The van der Waals surface area contributed by atoms with Crippen LogP contribution in [0.4, 0.5) is 0 Å². The minimum absolute atomic E-state index is 0.483. The third kappa shape index (κ3) is 2.59. The Balaban J connectivity index is 2.68. The van der Waals surface area contributed by atoms with Gasteiger partial charge in [0.2, 0.25) is 0 Å². The highest BCUT2D eigenvalue weighted by molar-refractivity contribution is 5.19. The topological polar surface area (TPSA) is 42.4 Å². The van der Waals surface area contributed by atoms with Gasteiger partial charge in [0.1, 0.15) is 11.5 Å². The maximum Gasteiger partial charge on any atom is 0.120 e. The number of furan rings is 1. The summed E-state index contributed by atoms with van der Waals surface area (Å²) in [6.07, 6.45) is 0. The summed E-state index contributed by atoms with van der Waals surface area (Å²) >= 11 is 0. The van der Waals surface area contributed by atoms with E-state index in [-0.39, 0.29) is 0 Å². The summed E-state index contributed by atoms with van der Waals surface area (Å²) in [6, 6.07) is 2.60. The Hall–Kier alpha value is -0.800. The summed E-state index contributed by atoms with van der Waals surface area (Å²) in [4.78, 5) is 2.23. The van der Waals surface area contributed by atoms with Gasteiger partial charge in [0.05, 0.1) is 13.1 Å². The van der Waals surface area contributed by atoms with Gasteiger partial charge < -0.3 is 10.2 Å². The molecule has 3 heteroatoms. The molecule has 1 aromatic rings. The fourth-order valence-corrected chi connectivity index (χ4v) is 1.30. The van der Waals surface area contributed by atoms with Crippen LogP contribution in [0.1, 0.15) is 30.9 Å². The van der Waals surface area contributed by atoms with Crippen molar-refractivity contribution in [1.82, 2.24) is 4.90 Å². The summed E-state index contributed by atoms with van der Waals surface area (Å²) in [5.74, 6) is 1.90. The standard InChI is InChI=1S/C11H20N2O/c1-8(2)13(4)7-10-5-9(3)11(6-12)14-10/h5,8H,6-7,12H2,1-4H3. The molecule has 0 radical (unpaired) electrons. The van der Waals surface area contributed by atoms with Crippen molar-refractivity contribution in [3.63, 3.8) is 0 Å². The second kappa shape index (κ2) is 4.62. The van der Waals surface area contributed by atoms with Gasteiger partial charge in [-0.1, -0.05) is 0 Å². The molecule has 0 unspecified atom stereocenters. The van der Waals surface area contributed by atoms with Gasteiger partial charge in [0.25, 0.3) is 0 Å². The smallest absolute Gasteiger partial charge is 0.120 e. The normalized spacial score (nSPS) is 11.6. The SMILES string of the molecule is Cc1cc(CN(C)C(C)C)oc1CN. The highest BCUT2D eigenvalue weighted by atomic mass is 16.3. The molecule has 0 bridgehead atoms. The number of hydrogen-bond acceptors (Lipinski definition) is 3. The zero-order chi connectivity index (χ0) is 10.7. The maximum atomic E-state index is 5.62. The van der Waals surface area contributed by atoms with Crippen LogP contribution in [0.3, 0.4) is 0 Å². The van der Waals surface area contributed by atoms with Crippen molar-refractivity contribution >= 4 is 0 Å². The molecule has 0 spiro atoms. The molecule has 1 aromatic heterocycles. The van der Waals surface area contributed by atoms with Gasteiger partial charge in [0, 0.05) is 6.04 Å². The molecular weight excluding hydrogens is 176 g/mol. The first kappa shape index (κ1) is 11.3. The molecule has 2 N–H and O–H groups in total. The van der Waals surface area contributed by atoms with Gasteiger partial charge in [-0.05, 0) is 39.4 Å². The summed E-state index contributed by atoms with van der Waals surface area (Å²) in [5, 5.41) is 0. The fraction of sp³-hybridized carbons (Fsp3) is 0.636. The first-order valence-electron chi connectivity index (χ1n) is 5.03. The molecule has 0 aromatic carbocycles. The van der Waals surface area contributed by atoms with Gasteiger partial charge in [-0.15, -0.1) is 0 Å². The van der Waals surface area contributed by atoms with Gasteiger partial charge in [0.15, 0.2) is 0 Å². The van der Waals surface area contributed by atoms with E-state index in [1.807, 2.05) is 6.92 Å². The Morgan fingerprint density at radius 3 is 2.57 bits per heavy atom. The molecule has 80 valence electrons. The van der Waals surface area contributed by atoms with E-state index in [0.29, 0.717) is 12.6 Å². The average Bonchev–Trinajstić information content (AvgIpc) is 2.45. The zero-order valence-electron chi connectivity index (χ0n) is 9.50. The second-order valence-electron chi connectivity index (χ2n) is 4.03. The monoisotopic (exact) mass is 196 g/mol. The summed E-state index contributed by atoms with van der Waals surface area (Å²) in [7, 11) is 2.09. The van der Waals surface area contributed by atoms with Gasteiger partial charge in [-0.25, -0.2) is 0 Å². The van der Waals surface area contributed by atoms with Gasteiger partial charge >= 0.3 is 0 Å². The number of hydrogen-bond donors (Lipinski definition) is 1. The van der Waals surface area contributed by atoms with E-state index < -0.39 is 0 Å². The Kier molecular flexibility index (Phi) is 3.72. The number of rotatable bonds is 4. The number of aryl methyl sites for hydroxylation is 1. The van der Waals surface area contributed by atoms with Crippen LogP contribution in [0.25, 0.3) is 0 Å². The zero-order valence-corrected chi connectivity index (χ0v) is 9.50. The lowest BCUT2D eigenvalue weighted by Gasteiger charge is -2.19. The molecule has 0 fully saturated rings. The van der Waals surface area contributed by atoms with Gasteiger partial charge in [-0.2, -0.15) is 0 Å². The lowest BCUT2D eigenvalue weighted by Crippen LogP contribution is -2.25. The highest BCUT2D eigenvalue weighted by Crippen LogP contribution is 2.15. The Morgan fingerprint density at radius 1 is 1.50 bits per heavy atom. The molecule has 0 amide bonds. The van der Waals surface area contributed by atoms with E-state index in [1.54, 1.807) is 0 Å². The van der Waals surface area contributed by atoms with E-state index >= 15 is 0 Å². The first-order chi connectivity index (χ1) is 6.54. The van der Waals surface area contributed by atoms with Gasteiger partial charge in [-0.3, -0.25) is 4.90 Å². The van der Waals surface area contributed by atoms with Crippen molar-refractivity contribution in [2.75, 3.05) is 7.05 Å². The minimum Gasteiger partial charge on any atom is -0.463 e. The quantitative estimate of drug-likeness (QED) is 0.799. The van der Waals surface area contributed by atoms with Crippen LogP contribution in [0.5, 0.6) is 0 Å². The van der Waals surface area contributed by atoms with Crippen LogP contribution >= 0.6 is 0 Å². The van der Waals surface area contributed by atoms with Crippen molar-refractivity contribution < 1.29 is 4.42 Å². The van der Waals surface area contributed by atoms with Crippen LogP contribution in [0, 0.1) is 6.92 Å². The summed E-state index contributed by atoms with van der Waals surface area (Å²) in [5.41, 5.74) is 6.70. The molecule has 1 heterocycles. The first-order valence-corrected chi connectivity index (χ1v) is 5.03. The van der Waals surface area contributed by atoms with Crippen LogP contribution < -0.4 is 5.73 Å². The molecular formula is C11H20N2O. The van der Waals surface area contributed by atoms with Crippen LogP contribution in [0.2, 0.25) is 0 Å². The molecule has 0 saturated heterocycles. The van der Waals surface area contributed by atoms with Crippen molar-refractivity contribution in [2.24, 2.45) is 5.73 Å². The summed E-state index contributed by atoms with van der Waals surface area (Å²) in [6.45, 7) is 7.69. The van der Waals surface area contributed by atoms with Crippen molar-refractivity contribution in [1.29, 1.82) is 0 Å². The maximum absolute atomic E-state index is 5.62. The molecule has 0 aliphatic heterocycles. The summed E-state index contributed by atoms with van der Waals surface area (Å²) < 4.78 is 5.62. The minimum atomic E-state index is 0.483. The van der Waals surface area contributed by atoms with E-state index in [0.717, 1.165) is 23.6 Å².